The van der Waals surface area contributed by atoms with Crippen LogP contribution in [-0.4, -0.2) is 64.1 Å². The molecule has 1 N–H and O–H groups in total. The van der Waals surface area contributed by atoms with Crippen LogP contribution in [0.15, 0.2) is 24.7 Å². The predicted molar refractivity (Wildman–Crippen MR) is 97.7 cm³/mol. The van der Waals surface area contributed by atoms with Crippen molar-refractivity contribution in [3.63, 3.8) is 0 Å². The molecule has 0 spiro atoms. The highest BCUT2D eigenvalue weighted by Crippen LogP contribution is 2.28. The minimum atomic E-state index is 0.108. The third-order valence-corrected chi connectivity index (χ3v) is 4.44. The molecule has 8 heteroatoms. The summed E-state index contributed by atoms with van der Waals surface area (Å²) >= 11 is 0. The Balaban J connectivity index is 1.90. The summed E-state index contributed by atoms with van der Waals surface area (Å²) < 4.78 is 5.09. The van der Waals surface area contributed by atoms with Crippen LogP contribution in [0.1, 0.15) is 31.4 Å². The van der Waals surface area contributed by atoms with Gasteiger partial charge in [0.2, 0.25) is 5.91 Å². The smallest absolute Gasteiger partial charge is 0.219 e. The van der Waals surface area contributed by atoms with Gasteiger partial charge >= 0.3 is 0 Å². The van der Waals surface area contributed by atoms with Crippen LogP contribution in [0.4, 0.5) is 5.82 Å². The molecule has 1 amide bonds. The molecular weight excluding hydrogens is 332 g/mol. The first-order valence-corrected chi connectivity index (χ1v) is 8.81. The fourth-order valence-electron chi connectivity index (χ4n) is 3.08. The van der Waals surface area contributed by atoms with Gasteiger partial charge in [-0.1, -0.05) is 0 Å². The Labute approximate surface area is 153 Å². The number of methoxy groups -OCH3 is 1. The highest BCUT2D eigenvalue weighted by Gasteiger charge is 2.25. The number of hydrogen-bond donors (Lipinski definition) is 1. The molecule has 3 rings (SSSR count). The summed E-state index contributed by atoms with van der Waals surface area (Å²) in [6, 6.07) is 1.96. The van der Waals surface area contributed by atoms with E-state index in [0.717, 1.165) is 30.9 Å². The Bertz CT molecular complexity index is 740. The van der Waals surface area contributed by atoms with Crippen molar-refractivity contribution < 1.29 is 9.53 Å². The highest BCUT2D eigenvalue weighted by molar-refractivity contribution is 5.73. The zero-order valence-corrected chi connectivity index (χ0v) is 15.2. The minimum Gasteiger partial charge on any atom is -0.383 e. The van der Waals surface area contributed by atoms with Crippen LogP contribution in [0, 0.1) is 0 Å². The zero-order chi connectivity index (χ0) is 18.4. The number of nitrogens with one attached hydrogen (secondary N) is 1. The molecular formula is C18H24N6O2. The number of carbonyl (C=O) groups is 1. The van der Waals surface area contributed by atoms with Crippen molar-refractivity contribution in [3.05, 3.63) is 30.4 Å². The van der Waals surface area contributed by atoms with Crippen LogP contribution in [0.25, 0.3) is 11.5 Å². The monoisotopic (exact) mass is 356 g/mol. The highest BCUT2D eigenvalue weighted by atomic mass is 16.5. The summed E-state index contributed by atoms with van der Waals surface area (Å²) in [4.78, 5) is 31.3. The van der Waals surface area contributed by atoms with E-state index in [1.54, 1.807) is 32.6 Å². The Morgan fingerprint density at radius 3 is 3.00 bits per heavy atom. The van der Waals surface area contributed by atoms with Crippen molar-refractivity contribution in [2.75, 3.05) is 38.7 Å². The van der Waals surface area contributed by atoms with E-state index in [0.29, 0.717) is 31.2 Å². The second-order valence-corrected chi connectivity index (χ2v) is 6.32. The fraction of sp³-hybridized carbons (Fsp3) is 0.500. The summed E-state index contributed by atoms with van der Waals surface area (Å²) in [5, 5.41) is 3.26. The van der Waals surface area contributed by atoms with Gasteiger partial charge in [0.05, 0.1) is 18.5 Å². The molecule has 2 aromatic heterocycles. The van der Waals surface area contributed by atoms with E-state index in [2.05, 4.69) is 20.3 Å². The van der Waals surface area contributed by atoms with Crippen molar-refractivity contribution in [3.8, 4) is 11.5 Å². The summed E-state index contributed by atoms with van der Waals surface area (Å²) in [5.41, 5.74) is 1.55. The second kappa shape index (κ2) is 8.66. The molecule has 2 aromatic rings. The molecule has 1 aliphatic rings. The number of rotatable bonds is 6. The molecule has 1 fully saturated rings. The van der Waals surface area contributed by atoms with Gasteiger partial charge in [-0.15, -0.1) is 0 Å². The van der Waals surface area contributed by atoms with Gasteiger partial charge in [-0.3, -0.25) is 9.78 Å². The lowest BCUT2D eigenvalue weighted by Gasteiger charge is -2.32. The quantitative estimate of drug-likeness (QED) is 0.788. The summed E-state index contributed by atoms with van der Waals surface area (Å²) in [6.07, 6.45) is 6.87. The maximum atomic E-state index is 11.8. The minimum absolute atomic E-state index is 0.108. The molecule has 1 unspecified atom stereocenters. The van der Waals surface area contributed by atoms with E-state index < -0.39 is 0 Å². The Kier molecular flexibility index (Phi) is 6.06. The maximum Gasteiger partial charge on any atom is 0.219 e. The average molecular weight is 356 g/mol. The lowest BCUT2D eigenvalue weighted by molar-refractivity contribution is -0.130. The lowest BCUT2D eigenvalue weighted by atomic mass is 9.94. The van der Waals surface area contributed by atoms with Crippen LogP contribution in [0.3, 0.4) is 0 Å². The number of nitrogens with zero attached hydrogens (tertiary/aromatic N) is 5. The van der Waals surface area contributed by atoms with Gasteiger partial charge in [0.25, 0.3) is 0 Å². The normalized spacial score (nSPS) is 17.2. The number of amides is 1. The molecule has 0 aromatic carbocycles. The molecule has 0 radical (unpaired) electrons. The number of likely N-dealkylation sites (tertiary alicyclic amines) is 1. The number of aromatic nitrogens is 4. The molecule has 0 saturated carbocycles. The van der Waals surface area contributed by atoms with Crippen LogP contribution >= 0.6 is 0 Å². The molecule has 0 bridgehead atoms. The molecule has 26 heavy (non-hydrogen) atoms. The summed E-state index contributed by atoms with van der Waals surface area (Å²) in [6.45, 7) is 4.35. The number of carbonyl (C=O) groups excluding carboxylic acids is 1. The van der Waals surface area contributed by atoms with Gasteiger partial charge in [0.1, 0.15) is 11.5 Å². The van der Waals surface area contributed by atoms with Gasteiger partial charge in [0, 0.05) is 58.0 Å². The largest absolute Gasteiger partial charge is 0.383 e. The van der Waals surface area contributed by atoms with E-state index in [1.807, 2.05) is 11.0 Å². The molecule has 1 atom stereocenters. The van der Waals surface area contributed by atoms with Crippen LogP contribution in [-0.2, 0) is 9.53 Å². The average Bonchev–Trinajstić information content (AvgIpc) is 2.69. The van der Waals surface area contributed by atoms with E-state index >= 15 is 0 Å². The Morgan fingerprint density at radius 2 is 2.27 bits per heavy atom. The first kappa shape index (κ1) is 18.2. The molecule has 1 aliphatic heterocycles. The maximum absolute atomic E-state index is 11.8. The topological polar surface area (TPSA) is 93.1 Å². The summed E-state index contributed by atoms with van der Waals surface area (Å²) in [5.74, 6) is 1.56. The van der Waals surface area contributed by atoms with Crippen LogP contribution in [0.2, 0.25) is 0 Å². The van der Waals surface area contributed by atoms with Crippen molar-refractivity contribution in [1.29, 1.82) is 0 Å². The van der Waals surface area contributed by atoms with Gasteiger partial charge in [-0.2, -0.15) is 0 Å². The molecule has 0 aliphatic carbocycles. The van der Waals surface area contributed by atoms with Gasteiger partial charge in [-0.05, 0) is 12.8 Å². The van der Waals surface area contributed by atoms with Crippen molar-refractivity contribution in [2.45, 2.75) is 25.7 Å². The van der Waals surface area contributed by atoms with Crippen LogP contribution < -0.4 is 5.32 Å². The molecule has 1 saturated heterocycles. The van der Waals surface area contributed by atoms with Crippen molar-refractivity contribution in [2.24, 2.45) is 0 Å². The van der Waals surface area contributed by atoms with Crippen molar-refractivity contribution >= 4 is 11.7 Å². The zero-order valence-electron chi connectivity index (χ0n) is 15.2. The van der Waals surface area contributed by atoms with Crippen LogP contribution in [0.5, 0.6) is 0 Å². The summed E-state index contributed by atoms with van der Waals surface area (Å²) in [7, 11) is 1.66. The molecule has 3 heterocycles. The lowest BCUT2D eigenvalue weighted by Crippen LogP contribution is -2.37. The molecule has 138 valence electrons. The Morgan fingerprint density at radius 1 is 1.38 bits per heavy atom. The Hall–Kier alpha value is -2.61. The van der Waals surface area contributed by atoms with E-state index in [4.69, 9.17) is 9.72 Å². The standard InChI is InChI=1S/C18H24N6O2/c1-13(25)24-8-3-4-14(12-24)15-10-17(21-7-9-26-2)23-18(22-15)16-11-19-5-6-20-16/h5-6,10-11,14H,3-4,7-9,12H2,1-2H3,(H,21,22,23). The number of hydrogen-bond acceptors (Lipinski definition) is 7. The second-order valence-electron chi connectivity index (χ2n) is 6.32. The SMILES string of the molecule is COCCNc1cc(C2CCCN(C(C)=O)C2)nc(-c2cnccn2)n1. The van der Waals surface area contributed by atoms with E-state index in [-0.39, 0.29) is 11.8 Å². The first-order valence-electron chi connectivity index (χ1n) is 8.81. The number of piperidine rings is 1. The predicted octanol–water partition coefficient (Wildman–Crippen LogP) is 1.72. The third kappa shape index (κ3) is 4.51. The van der Waals surface area contributed by atoms with Gasteiger partial charge in [-0.25, -0.2) is 15.0 Å². The van der Waals surface area contributed by atoms with Gasteiger partial charge < -0.3 is 15.0 Å². The number of anilines is 1. The first-order chi connectivity index (χ1) is 12.7. The van der Waals surface area contributed by atoms with E-state index in [9.17, 15) is 4.79 Å². The van der Waals surface area contributed by atoms with Gasteiger partial charge in [0.15, 0.2) is 5.82 Å². The fourth-order valence-corrected chi connectivity index (χ4v) is 3.08. The third-order valence-electron chi connectivity index (χ3n) is 4.44. The molecule has 8 nitrogen and oxygen atoms in total. The van der Waals surface area contributed by atoms with Crippen molar-refractivity contribution in [1.82, 2.24) is 24.8 Å². The number of ether oxygens (including phenoxy) is 1. The van der Waals surface area contributed by atoms with E-state index in [1.165, 1.54) is 0 Å².